The summed E-state index contributed by atoms with van der Waals surface area (Å²) >= 11 is 0. The van der Waals surface area contributed by atoms with E-state index in [1.54, 1.807) is 6.92 Å². The Morgan fingerprint density at radius 3 is 2.16 bits per heavy atom. The molecule has 0 radical (unpaired) electrons. The van der Waals surface area contributed by atoms with Gasteiger partial charge in [-0.25, -0.2) is 0 Å². The van der Waals surface area contributed by atoms with E-state index in [-0.39, 0.29) is 70.2 Å². The summed E-state index contributed by atoms with van der Waals surface area (Å²) in [5.41, 5.74) is -0.464. The van der Waals surface area contributed by atoms with Gasteiger partial charge in [-0.2, -0.15) is 0 Å². The third-order valence-electron chi connectivity index (χ3n) is 9.51. The number of esters is 2. The molecule has 0 amide bonds. The van der Waals surface area contributed by atoms with Crippen molar-refractivity contribution in [3.05, 3.63) is 0 Å². The Morgan fingerprint density at radius 2 is 1.55 bits per heavy atom. The van der Waals surface area contributed by atoms with Crippen molar-refractivity contribution in [3.63, 3.8) is 0 Å². The van der Waals surface area contributed by atoms with Crippen LogP contribution in [0.3, 0.4) is 0 Å². The first-order chi connectivity index (χ1) is 14.5. The lowest BCUT2D eigenvalue weighted by molar-refractivity contribution is -0.216. The normalized spacial score (nSPS) is 46.4. The van der Waals surface area contributed by atoms with Gasteiger partial charge in [0, 0.05) is 44.4 Å². The summed E-state index contributed by atoms with van der Waals surface area (Å²) in [5, 5.41) is 0. The van der Waals surface area contributed by atoms with Crippen molar-refractivity contribution in [2.45, 2.75) is 91.8 Å². The van der Waals surface area contributed by atoms with Gasteiger partial charge in [-0.15, -0.1) is 0 Å². The predicted octanol–water partition coefficient (Wildman–Crippen LogP) is 3.89. The molecule has 0 aromatic heterocycles. The zero-order valence-electron chi connectivity index (χ0n) is 19.4. The molecule has 172 valence electrons. The topological polar surface area (TPSA) is 86.7 Å². The standard InChI is InChI=1S/C25H36O6/c1-13(26)18-6-7-19-17-11-21(30-14(2)27)20-10-16(29)8-9-24(20,4)23(17)22(31-15(3)28)12-25(18,19)5/h17-23H,6-12H2,1-5H3/t17-,18+,19-,20+,21-,22+,23+,24-,25+/m0/s1. The summed E-state index contributed by atoms with van der Waals surface area (Å²) in [6.07, 6.45) is 4.30. The second-order valence-electron chi connectivity index (χ2n) is 11.1. The van der Waals surface area contributed by atoms with Crippen molar-refractivity contribution in [2.75, 3.05) is 0 Å². The minimum atomic E-state index is -0.313. The molecule has 4 saturated carbocycles. The number of ether oxygens (including phenoxy) is 2. The van der Waals surface area contributed by atoms with Crippen molar-refractivity contribution in [1.82, 2.24) is 0 Å². The molecule has 0 heterocycles. The first kappa shape index (κ1) is 22.5. The largest absolute Gasteiger partial charge is 0.462 e. The zero-order chi connectivity index (χ0) is 22.7. The predicted molar refractivity (Wildman–Crippen MR) is 113 cm³/mol. The lowest BCUT2D eigenvalue weighted by atomic mass is 9.43. The van der Waals surface area contributed by atoms with Gasteiger partial charge in [0.1, 0.15) is 23.8 Å². The van der Waals surface area contributed by atoms with Crippen LogP contribution in [-0.4, -0.2) is 35.7 Å². The van der Waals surface area contributed by atoms with Crippen LogP contribution < -0.4 is 0 Å². The number of fused-ring (bicyclic) bond motifs is 5. The van der Waals surface area contributed by atoms with Gasteiger partial charge in [-0.05, 0) is 61.7 Å². The van der Waals surface area contributed by atoms with E-state index in [4.69, 9.17) is 9.47 Å². The van der Waals surface area contributed by atoms with Crippen molar-refractivity contribution >= 4 is 23.5 Å². The summed E-state index contributed by atoms with van der Waals surface area (Å²) in [4.78, 5) is 49.0. The molecule has 0 bridgehead atoms. The first-order valence-corrected chi connectivity index (χ1v) is 11.8. The average Bonchev–Trinajstić information content (AvgIpc) is 2.99. The van der Waals surface area contributed by atoms with Gasteiger partial charge >= 0.3 is 11.9 Å². The van der Waals surface area contributed by atoms with Crippen LogP contribution in [0.2, 0.25) is 0 Å². The third kappa shape index (κ3) is 3.54. The van der Waals surface area contributed by atoms with Crippen LogP contribution in [0.1, 0.15) is 79.6 Å². The van der Waals surface area contributed by atoms with E-state index in [2.05, 4.69) is 13.8 Å². The number of hydrogen-bond acceptors (Lipinski definition) is 6. The molecule has 6 heteroatoms. The molecule has 31 heavy (non-hydrogen) atoms. The van der Waals surface area contributed by atoms with Crippen LogP contribution >= 0.6 is 0 Å². The fourth-order valence-corrected chi connectivity index (χ4v) is 8.49. The summed E-state index contributed by atoms with van der Waals surface area (Å²) in [7, 11) is 0. The smallest absolute Gasteiger partial charge is 0.302 e. The molecule has 0 aromatic rings. The summed E-state index contributed by atoms with van der Waals surface area (Å²) < 4.78 is 11.8. The summed E-state index contributed by atoms with van der Waals surface area (Å²) in [5.74, 6) is 0.394. The Labute approximate surface area is 184 Å². The molecule has 0 unspecified atom stereocenters. The second kappa shape index (κ2) is 7.70. The summed E-state index contributed by atoms with van der Waals surface area (Å²) in [6, 6.07) is 0. The number of carbonyl (C=O) groups is 4. The number of hydrogen-bond donors (Lipinski definition) is 0. The van der Waals surface area contributed by atoms with E-state index in [1.807, 2.05) is 0 Å². The Kier molecular flexibility index (Phi) is 5.58. The molecular weight excluding hydrogens is 396 g/mol. The minimum absolute atomic E-state index is 0.0258. The van der Waals surface area contributed by atoms with Crippen molar-refractivity contribution in [1.29, 1.82) is 0 Å². The monoisotopic (exact) mass is 432 g/mol. The third-order valence-corrected chi connectivity index (χ3v) is 9.51. The average molecular weight is 433 g/mol. The maximum Gasteiger partial charge on any atom is 0.302 e. The molecule has 9 atom stereocenters. The molecule has 0 N–H and O–H groups in total. The molecule has 4 aliphatic carbocycles. The zero-order valence-corrected chi connectivity index (χ0v) is 19.4. The van der Waals surface area contributed by atoms with Crippen LogP contribution in [0.4, 0.5) is 0 Å². The maximum absolute atomic E-state index is 12.5. The van der Waals surface area contributed by atoms with Crippen molar-refractivity contribution < 1.29 is 28.7 Å². The van der Waals surface area contributed by atoms with E-state index in [1.165, 1.54) is 13.8 Å². The van der Waals surface area contributed by atoms with Gasteiger partial charge in [0.05, 0.1) is 0 Å². The van der Waals surface area contributed by atoms with Gasteiger partial charge in [0.2, 0.25) is 0 Å². The van der Waals surface area contributed by atoms with Crippen molar-refractivity contribution in [3.8, 4) is 0 Å². The van der Waals surface area contributed by atoms with Crippen LogP contribution in [0.5, 0.6) is 0 Å². The number of ketones is 2. The fraction of sp³-hybridized carbons (Fsp3) is 0.840. The molecule has 0 spiro atoms. The second-order valence-corrected chi connectivity index (χ2v) is 11.1. The maximum atomic E-state index is 12.5. The molecule has 4 rings (SSSR count). The SMILES string of the molecule is CC(=O)O[C@H]1C[C@@H]2[C@H]([C@H](OC(C)=O)C[C@]3(C)[C@@H](C(C)=O)CC[C@@H]23)[C@@]2(C)CCC(=O)C[C@H]12. The highest BCUT2D eigenvalue weighted by atomic mass is 16.5. The highest BCUT2D eigenvalue weighted by molar-refractivity contribution is 5.80. The lowest BCUT2D eigenvalue weighted by Gasteiger charge is -2.63. The Hall–Kier alpha value is -1.72. The Morgan fingerprint density at radius 1 is 0.903 bits per heavy atom. The molecule has 0 aromatic carbocycles. The van der Waals surface area contributed by atoms with Gasteiger partial charge in [0.25, 0.3) is 0 Å². The Balaban J connectivity index is 1.79. The highest BCUT2D eigenvalue weighted by Gasteiger charge is 2.66. The highest BCUT2D eigenvalue weighted by Crippen LogP contribution is 2.68. The van der Waals surface area contributed by atoms with Gasteiger partial charge < -0.3 is 9.47 Å². The molecule has 6 nitrogen and oxygen atoms in total. The lowest BCUT2D eigenvalue weighted by Crippen LogP contribution is -2.63. The van der Waals surface area contributed by atoms with E-state index in [0.717, 1.165) is 19.3 Å². The molecule has 0 aliphatic heterocycles. The van der Waals surface area contributed by atoms with E-state index in [9.17, 15) is 19.2 Å². The molecule has 4 fully saturated rings. The van der Waals surface area contributed by atoms with Crippen molar-refractivity contribution in [2.24, 2.45) is 40.4 Å². The fourth-order valence-electron chi connectivity index (χ4n) is 8.49. The minimum Gasteiger partial charge on any atom is -0.462 e. The van der Waals surface area contributed by atoms with E-state index < -0.39 is 0 Å². The number of rotatable bonds is 3. The van der Waals surface area contributed by atoms with Crippen LogP contribution in [0, 0.1) is 40.4 Å². The van der Waals surface area contributed by atoms with Crippen LogP contribution in [-0.2, 0) is 28.7 Å². The molecular formula is C25H36O6. The Bertz CT molecular complexity index is 804. The molecule has 0 saturated heterocycles. The number of Topliss-reactive ketones (excluding diaryl/α,β-unsaturated/α-hetero) is 2. The van der Waals surface area contributed by atoms with Gasteiger partial charge in [-0.3, -0.25) is 19.2 Å². The molecule has 4 aliphatic rings. The van der Waals surface area contributed by atoms with E-state index >= 15 is 0 Å². The number of carbonyl (C=O) groups excluding carboxylic acids is 4. The van der Waals surface area contributed by atoms with E-state index in [0.29, 0.717) is 31.6 Å². The van der Waals surface area contributed by atoms with Crippen LogP contribution in [0.25, 0.3) is 0 Å². The quantitative estimate of drug-likeness (QED) is 0.629. The van der Waals surface area contributed by atoms with Crippen LogP contribution in [0.15, 0.2) is 0 Å². The first-order valence-electron chi connectivity index (χ1n) is 11.8. The van der Waals surface area contributed by atoms with Gasteiger partial charge in [-0.1, -0.05) is 13.8 Å². The van der Waals surface area contributed by atoms with Gasteiger partial charge in [0.15, 0.2) is 0 Å². The summed E-state index contributed by atoms with van der Waals surface area (Å²) in [6.45, 7) is 8.98.